The van der Waals surface area contributed by atoms with E-state index in [4.69, 9.17) is 13.9 Å². The Labute approximate surface area is 190 Å². The molecule has 1 aliphatic heterocycles. The van der Waals surface area contributed by atoms with E-state index >= 15 is 0 Å². The third-order valence-electron chi connectivity index (χ3n) is 5.15. The van der Waals surface area contributed by atoms with Gasteiger partial charge in [0.15, 0.2) is 0 Å². The lowest BCUT2D eigenvalue weighted by Crippen LogP contribution is -2.47. The third kappa shape index (κ3) is 4.67. The van der Waals surface area contributed by atoms with Crippen molar-refractivity contribution in [3.8, 4) is 5.69 Å². The van der Waals surface area contributed by atoms with Gasteiger partial charge in [-0.1, -0.05) is 6.07 Å². The quantitative estimate of drug-likeness (QED) is 0.535. The van der Waals surface area contributed by atoms with E-state index in [1.807, 2.05) is 42.1 Å². The molecule has 1 aromatic carbocycles. The summed E-state index contributed by atoms with van der Waals surface area (Å²) in [4.78, 5) is 37.7. The minimum atomic E-state index is -0.874. The molecule has 0 aliphatic carbocycles. The molecule has 0 bridgehead atoms. The van der Waals surface area contributed by atoms with E-state index in [-0.39, 0.29) is 24.5 Å². The first-order valence-electron chi connectivity index (χ1n) is 10.4. The second-order valence-electron chi connectivity index (χ2n) is 7.33. The maximum atomic E-state index is 12.8. The molecule has 0 saturated heterocycles. The van der Waals surface area contributed by atoms with Gasteiger partial charge in [-0.25, -0.2) is 14.4 Å². The molecule has 1 atom stereocenters. The lowest BCUT2D eigenvalue weighted by molar-refractivity contribution is -0.139. The first-order chi connectivity index (χ1) is 16.0. The topological polar surface area (TPSA) is 112 Å². The zero-order chi connectivity index (χ0) is 23.4. The SMILES string of the molecule is CCOC(=O)C1=C(COC(=O)c2ccc(C)c(-n3cccc3)c2)NC(=O)NC1c1ccco1. The van der Waals surface area contributed by atoms with Crippen molar-refractivity contribution in [3.05, 3.63) is 89.3 Å². The molecule has 170 valence electrons. The highest BCUT2D eigenvalue weighted by Gasteiger charge is 2.35. The second-order valence-corrected chi connectivity index (χ2v) is 7.33. The number of nitrogens with zero attached hydrogens (tertiary/aromatic N) is 1. The second kappa shape index (κ2) is 9.47. The Morgan fingerprint density at radius 1 is 1.09 bits per heavy atom. The van der Waals surface area contributed by atoms with Gasteiger partial charge in [0, 0.05) is 18.1 Å². The van der Waals surface area contributed by atoms with Crippen molar-refractivity contribution in [1.29, 1.82) is 0 Å². The van der Waals surface area contributed by atoms with Crippen LogP contribution in [0.5, 0.6) is 0 Å². The van der Waals surface area contributed by atoms with Gasteiger partial charge < -0.3 is 29.1 Å². The van der Waals surface area contributed by atoms with Crippen LogP contribution in [0.3, 0.4) is 0 Å². The van der Waals surface area contributed by atoms with Gasteiger partial charge >= 0.3 is 18.0 Å². The van der Waals surface area contributed by atoms with Gasteiger partial charge in [-0.05, 0) is 55.8 Å². The fourth-order valence-electron chi connectivity index (χ4n) is 3.58. The van der Waals surface area contributed by atoms with Crippen LogP contribution in [0.1, 0.15) is 34.6 Å². The van der Waals surface area contributed by atoms with E-state index in [1.54, 1.807) is 31.2 Å². The number of furan rings is 1. The van der Waals surface area contributed by atoms with Crippen LogP contribution >= 0.6 is 0 Å². The maximum Gasteiger partial charge on any atom is 0.338 e. The number of urea groups is 1. The van der Waals surface area contributed by atoms with Crippen molar-refractivity contribution in [2.75, 3.05) is 13.2 Å². The Kier molecular flexibility index (Phi) is 6.30. The summed E-state index contributed by atoms with van der Waals surface area (Å²) >= 11 is 0. The molecule has 0 spiro atoms. The lowest BCUT2D eigenvalue weighted by Gasteiger charge is -2.27. The number of hydrogen-bond donors (Lipinski definition) is 2. The van der Waals surface area contributed by atoms with E-state index in [9.17, 15) is 14.4 Å². The molecular formula is C24H23N3O6. The number of amides is 2. The fraction of sp³-hybridized carbons (Fsp3) is 0.208. The number of benzene rings is 1. The zero-order valence-electron chi connectivity index (χ0n) is 18.2. The largest absolute Gasteiger partial charge is 0.467 e. The number of aromatic nitrogens is 1. The molecule has 9 nitrogen and oxygen atoms in total. The standard InChI is InChI=1S/C24H23N3O6/c1-3-31-23(29)20-17(25-24(30)26-21(20)19-7-6-12-32-19)14-33-22(28)16-9-8-15(2)18(13-16)27-10-4-5-11-27/h4-13,21H,3,14H2,1-2H3,(H2,25,26,30). The predicted molar refractivity (Wildman–Crippen MR) is 118 cm³/mol. The highest BCUT2D eigenvalue weighted by atomic mass is 16.5. The Bertz CT molecular complexity index is 1200. The minimum absolute atomic E-state index is 0.108. The van der Waals surface area contributed by atoms with E-state index in [2.05, 4.69) is 10.6 Å². The molecule has 3 heterocycles. The molecule has 4 rings (SSSR count). The molecule has 0 saturated carbocycles. The molecule has 3 aromatic rings. The maximum absolute atomic E-state index is 12.8. The normalized spacial score (nSPS) is 15.6. The monoisotopic (exact) mass is 449 g/mol. The first-order valence-corrected chi connectivity index (χ1v) is 10.4. The summed E-state index contributed by atoms with van der Waals surface area (Å²) in [6.07, 6.45) is 5.20. The highest BCUT2D eigenvalue weighted by Crippen LogP contribution is 2.28. The number of carbonyl (C=O) groups is 3. The molecule has 2 N–H and O–H groups in total. The van der Waals surface area contributed by atoms with Gasteiger partial charge in [-0.2, -0.15) is 0 Å². The molecule has 2 aromatic heterocycles. The Hall–Kier alpha value is -4.27. The summed E-state index contributed by atoms with van der Waals surface area (Å²) in [6, 6.07) is 10.9. The molecule has 33 heavy (non-hydrogen) atoms. The van der Waals surface area contributed by atoms with Gasteiger partial charge in [0.25, 0.3) is 0 Å². The summed E-state index contributed by atoms with van der Waals surface area (Å²) in [5.41, 5.74) is 2.40. The van der Waals surface area contributed by atoms with Crippen molar-refractivity contribution in [2.24, 2.45) is 0 Å². The Balaban J connectivity index is 1.60. The van der Waals surface area contributed by atoms with Crippen molar-refractivity contribution in [2.45, 2.75) is 19.9 Å². The number of hydrogen-bond acceptors (Lipinski definition) is 6. The van der Waals surface area contributed by atoms with Crippen LogP contribution in [-0.2, 0) is 14.3 Å². The van der Waals surface area contributed by atoms with Crippen LogP contribution in [0.15, 0.2) is 76.8 Å². The van der Waals surface area contributed by atoms with Crippen LogP contribution in [-0.4, -0.2) is 35.8 Å². The predicted octanol–water partition coefficient (Wildman–Crippen LogP) is 3.41. The molecule has 1 aliphatic rings. The van der Waals surface area contributed by atoms with Crippen LogP contribution in [0.4, 0.5) is 4.79 Å². The molecule has 0 fully saturated rings. The number of esters is 2. The van der Waals surface area contributed by atoms with E-state index in [0.717, 1.165) is 11.3 Å². The van der Waals surface area contributed by atoms with Crippen molar-refractivity contribution < 1.29 is 28.3 Å². The van der Waals surface area contributed by atoms with Crippen LogP contribution < -0.4 is 10.6 Å². The van der Waals surface area contributed by atoms with Gasteiger partial charge in [0.05, 0.1) is 29.7 Å². The first kappa shape index (κ1) is 21.9. The number of ether oxygens (including phenoxy) is 2. The van der Waals surface area contributed by atoms with Gasteiger partial charge in [-0.15, -0.1) is 0 Å². The van der Waals surface area contributed by atoms with E-state index in [1.165, 1.54) is 6.26 Å². The number of aryl methyl sites for hydroxylation is 1. The van der Waals surface area contributed by atoms with Gasteiger partial charge in [-0.3, -0.25) is 0 Å². The van der Waals surface area contributed by atoms with Crippen molar-refractivity contribution >= 4 is 18.0 Å². The summed E-state index contributed by atoms with van der Waals surface area (Å²) < 4.78 is 17.9. The fourth-order valence-corrected chi connectivity index (χ4v) is 3.58. The smallest absolute Gasteiger partial charge is 0.338 e. The van der Waals surface area contributed by atoms with Crippen LogP contribution in [0, 0.1) is 6.92 Å². The lowest BCUT2D eigenvalue weighted by atomic mass is 10.0. The summed E-state index contributed by atoms with van der Waals surface area (Å²) in [5.74, 6) is -0.893. The minimum Gasteiger partial charge on any atom is -0.467 e. The number of nitrogens with one attached hydrogen (secondary N) is 2. The summed E-state index contributed by atoms with van der Waals surface area (Å²) in [6.45, 7) is 3.43. The van der Waals surface area contributed by atoms with E-state index < -0.39 is 24.0 Å². The molecule has 9 heteroatoms. The average molecular weight is 449 g/mol. The molecule has 2 amide bonds. The van der Waals surface area contributed by atoms with Gasteiger partial charge in [0.1, 0.15) is 18.4 Å². The Morgan fingerprint density at radius 2 is 1.88 bits per heavy atom. The highest BCUT2D eigenvalue weighted by molar-refractivity contribution is 5.95. The number of carbonyl (C=O) groups excluding carboxylic acids is 3. The van der Waals surface area contributed by atoms with Crippen LogP contribution in [0.25, 0.3) is 5.69 Å². The zero-order valence-corrected chi connectivity index (χ0v) is 18.2. The van der Waals surface area contributed by atoms with Crippen LogP contribution in [0.2, 0.25) is 0 Å². The summed E-state index contributed by atoms with van der Waals surface area (Å²) in [7, 11) is 0. The van der Waals surface area contributed by atoms with E-state index in [0.29, 0.717) is 11.3 Å². The Morgan fingerprint density at radius 3 is 2.58 bits per heavy atom. The van der Waals surface area contributed by atoms with Gasteiger partial charge in [0.2, 0.25) is 0 Å². The molecule has 0 radical (unpaired) electrons. The molecule has 1 unspecified atom stereocenters. The molecular weight excluding hydrogens is 426 g/mol. The third-order valence-corrected chi connectivity index (χ3v) is 5.15. The average Bonchev–Trinajstić information content (AvgIpc) is 3.52. The van der Waals surface area contributed by atoms with Crippen molar-refractivity contribution in [3.63, 3.8) is 0 Å². The van der Waals surface area contributed by atoms with Crippen molar-refractivity contribution in [1.82, 2.24) is 15.2 Å². The summed E-state index contributed by atoms with van der Waals surface area (Å²) in [5, 5.41) is 5.19. The number of rotatable bonds is 7.